The van der Waals surface area contributed by atoms with Gasteiger partial charge in [0, 0.05) is 0 Å². The van der Waals surface area contributed by atoms with Crippen molar-refractivity contribution in [1.29, 1.82) is 0 Å². The Morgan fingerprint density at radius 3 is 2.62 bits per heavy atom. The van der Waals surface area contributed by atoms with Gasteiger partial charge in [-0.2, -0.15) is 0 Å². The van der Waals surface area contributed by atoms with Gasteiger partial charge in [-0.3, -0.25) is 0 Å². The highest BCUT2D eigenvalue weighted by Crippen LogP contribution is 2.45. The molecule has 0 amide bonds. The molecule has 13 heavy (non-hydrogen) atoms. The molecule has 1 aliphatic rings. The van der Waals surface area contributed by atoms with Crippen molar-refractivity contribution in [2.75, 3.05) is 0 Å². The van der Waals surface area contributed by atoms with Crippen LogP contribution in [0.25, 0.3) is 0 Å². The van der Waals surface area contributed by atoms with Gasteiger partial charge in [-0.1, -0.05) is 0 Å². The highest BCUT2D eigenvalue weighted by molar-refractivity contribution is 5.57. The molecule has 0 aliphatic carbocycles. The molecule has 0 saturated carbocycles. The zero-order valence-corrected chi connectivity index (χ0v) is 6.56. The van der Waals surface area contributed by atoms with E-state index in [2.05, 4.69) is 0 Å². The first kappa shape index (κ1) is 8.15. The zero-order chi connectivity index (χ0) is 9.59. The number of hydrogen-bond donors (Lipinski definition) is 4. The summed E-state index contributed by atoms with van der Waals surface area (Å²) in [6, 6.07) is 1.25. The third kappa shape index (κ3) is 1.01. The Morgan fingerprint density at radius 2 is 1.92 bits per heavy atom. The van der Waals surface area contributed by atoms with Crippen LogP contribution in [0.3, 0.4) is 0 Å². The summed E-state index contributed by atoms with van der Waals surface area (Å²) in [6.07, 6.45) is -1.23. The first-order chi connectivity index (χ1) is 6.11. The number of phenolic OH excluding ortho intramolecular Hbond substituents is 3. The highest BCUT2D eigenvalue weighted by atomic mass is 16.6. The van der Waals surface area contributed by atoms with Crippen LogP contribution in [0.5, 0.6) is 17.2 Å². The summed E-state index contributed by atoms with van der Waals surface area (Å²) < 4.78 is 4.79. The van der Waals surface area contributed by atoms with E-state index in [9.17, 15) is 10.2 Å². The van der Waals surface area contributed by atoms with Crippen molar-refractivity contribution in [2.24, 2.45) is 0 Å². The number of hydrogen-bond acceptors (Lipinski definition) is 5. The minimum Gasteiger partial charge on any atom is -0.504 e. The molecular formula is C8H8O5. The molecule has 4 N–H and O–H groups in total. The van der Waals surface area contributed by atoms with Crippen LogP contribution >= 0.6 is 0 Å². The maximum atomic E-state index is 9.32. The number of benzene rings is 1. The second kappa shape index (κ2) is 2.51. The first-order valence-corrected chi connectivity index (χ1v) is 3.67. The summed E-state index contributed by atoms with van der Waals surface area (Å²) in [7, 11) is 0. The molecule has 1 aromatic rings. The number of aromatic hydroxyl groups is 3. The van der Waals surface area contributed by atoms with Gasteiger partial charge < -0.3 is 25.2 Å². The molecule has 0 unspecified atom stereocenters. The highest BCUT2D eigenvalue weighted by Gasteiger charge is 2.28. The molecule has 5 nitrogen and oxygen atoms in total. The van der Waals surface area contributed by atoms with E-state index in [4.69, 9.17) is 14.9 Å². The fraction of sp³-hybridized carbons (Fsp3) is 0.250. The van der Waals surface area contributed by atoms with Crippen molar-refractivity contribution in [3.8, 4) is 17.2 Å². The molecule has 1 aromatic carbocycles. The van der Waals surface area contributed by atoms with Gasteiger partial charge >= 0.3 is 0 Å². The third-order valence-electron chi connectivity index (χ3n) is 2.02. The van der Waals surface area contributed by atoms with Gasteiger partial charge in [0.25, 0.3) is 0 Å². The summed E-state index contributed by atoms with van der Waals surface area (Å²) >= 11 is 0. The van der Waals surface area contributed by atoms with Crippen LogP contribution < -0.4 is 0 Å². The molecular weight excluding hydrogens is 176 g/mol. The van der Waals surface area contributed by atoms with E-state index in [0.717, 1.165) is 0 Å². The Morgan fingerprint density at radius 1 is 1.23 bits per heavy atom. The quantitative estimate of drug-likeness (QED) is 0.436. The number of aliphatic hydroxyl groups excluding tert-OH is 1. The Balaban J connectivity index is 2.68. The Labute approximate surface area is 73.4 Å². The monoisotopic (exact) mass is 184 g/mol. The number of aliphatic hydroxyl groups is 1. The first-order valence-electron chi connectivity index (χ1n) is 3.67. The Bertz CT molecular complexity index is 360. The minimum absolute atomic E-state index is 0.109. The largest absolute Gasteiger partial charge is 0.504 e. The summed E-state index contributed by atoms with van der Waals surface area (Å²) in [4.78, 5) is 0. The molecule has 0 aromatic heterocycles. The lowest BCUT2D eigenvalue weighted by molar-refractivity contribution is -0.0926. The van der Waals surface area contributed by atoms with Crippen LogP contribution in [0.4, 0.5) is 0 Å². The molecule has 0 bridgehead atoms. The normalized spacial score (nSPS) is 20.2. The second-order valence-corrected chi connectivity index (χ2v) is 2.83. The Kier molecular flexibility index (Phi) is 1.58. The molecule has 0 radical (unpaired) electrons. The van der Waals surface area contributed by atoms with Crippen LogP contribution in [0.1, 0.15) is 17.4 Å². The lowest BCUT2D eigenvalue weighted by Crippen LogP contribution is -1.93. The van der Waals surface area contributed by atoms with Crippen LogP contribution in [0.2, 0.25) is 0 Å². The van der Waals surface area contributed by atoms with Gasteiger partial charge in [-0.15, -0.1) is 0 Å². The number of rotatable bonds is 0. The average molecular weight is 184 g/mol. The van der Waals surface area contributed by atoms with Crippen molar-refractivity contribution >= 4 is 0 Å². The summed E-state index contributed by atoms with van der Waals surface area (Å²) in [5.41, 5.74) is 0.593. The van der Waals surface area contributed by atoms with E-state index >= 15 is 0 Å². The summed E-state index contributed by atoms with van der Waals surface area (Å²) in [5, 5.41) is 36.7. The molecule has 1 atom stereocenters. The average Bonchev–Trinajstić information content (AvgIpc) is 2.43. The van der Waals surface area contributed by atoms with E-state index in [1.807, 2.05) is 0 Å². The molecule has 0 fully saturated rings. The maximum Gasteiger partial charge on any atom is 0.200 e. The lowest BCUT2D eigenvalue weighted by atomic mass is 10.1. The summed E-state index contributed by atoms with van der Waals surface area (Å²) in [5.74, 6) is -1.59. The smallest absolute Gasteiger partial charge is 0.200 e. The van der Waals surface area contributed by atoms with Gasteiger partial charge in [0.1, 0.15) is 0 Å². The van der Waals surface area contributed by atoms with Crippen LogP contribution in [-0.2, 0) is 11.3 Å². The molecule has 0 spiro atoms. The Hall–Kier alpha value is -1.46. The van der Waals surface area contributed by atoms with Gasteiger partial charge in [-0.05, 0) is 11.6 Å². The van der Waals surface area contributed by atoms with E-state index in [1.165, 1.54) is 6.07 Å². The fourth-order valence-electron chi connectivity index (χ4n) is 1.36. The fourth-order valence-corrected chi connectivity index (χ4v) is 1.36. The van der Waals surface area contributed by atoms with Gasteiger partial charge in [0.05, 0.1) is 12.2 Å². The zero-order valence-electron chi connectivity index (χ0n) is 6.56. The van der Waals surface area contributed by atoms with Crippen LogP contribution in [0, 0.1) is 0 Å². The SMILES string of the molecule is Oc1cc2c(c(O)c1O)[C@@H](O)OC2. The van der Waals surface area contributed by atoms with Crippen LogP contribution in [0.15, 0.2) is 6.07 Å². The van der Waals surface area contributed by atoms with Crippen molar-refractivity contribution in [1.82, 2.24) is 0 Å². The van der Waals surface area contributed by atoms with E-state index in [0.29, 0.717) is 5.56 Å². The van der Waals surface area contributed by atoms with Crippen molar-refractivity contribution in [3.63, 3.8) is 0 Å². The number of ether oxygens (including phenoxy) is 1. The number of phenols is 3. The minimum atomic E-state index is -1.23. The predicted octanol–water partition coefficient (Wildman–Crippen LogP) is 0.324. The molecule has 2 rings (SSSR count). The lowest BCUT2D eigenvalue weighted by Gasteiger charge is -2.07. The molecule has 70 valence electrons. The molecule has 5 heteroatoms. The van der Waals surface area contributed by atoms with Gasteiger partial charge in [0.15, 0.2) is 17.8 Å². The standard InChI is InChI=1S/C8H8O5/c9-4-1-3-2-13-8(12)5(3)7(11)6(4)10/h1,8-12H,2H2/t8-/m0/s1. The summed E-state index contributed by atoms with van der Waals surface area (Å²) in [6.45, 7) is 0.109. The number of fused-ring (bicyclic) bond motifs is 1. The molecule has 0 saturated heterocycles. The molecule has 1 heterocycles. The second-order valence-electron chi connectivity index (χ2n) is 2.83. The van der Waals surface area contributed by atoms with Crippen molar-refractivity contribution < 1.29 is 25.2 Å². The predicted molar refractivity (Wildman–Crippen MR) is 41.2 cm³/mol. The van der Waals surface area contributed by atoms with Gasteiger partial charge in [0.2, 0.25) is 5.75 Å². The van der Waals surface area contributed by atoms with Crippen molar-refractivity contribution in [2.45, 2.75) is 12.9 Å². The topological polar surface area (TPSA) is 90.2 Å². The molecule has 1 aliphatic heterocycles. The van der Waals surface area contributed by atoms with Gasteiger partial charge in [-0.25, -0.2) is 0 Å². The van der Waals surface area contributed by atoms with Crippen molar-refractivity contribution in [3.05, 3.63) is 17.2 Å². The maximum absolute atomic E-state index is 9.32. The van der Waals surface area contributed by atoms with E-state index < -0.39 is 23.5 Å². The van der Waals surface area contributed by atoms with Crippen LogP contribution in [-0.4, -0.2) is 20.4 Å². The van der Waals surface area contributed by atoms with E-state index in [1.54, 1.807) is 0 Å². The van der Waals surface area contributed by atoms with E-state index in [-0.39, 0.29) is 12.2 Å². The third-order valence-corrected chi connectivity index (χ3v) is 2.02.